The Kier molecular flexibility index (Phi) is 9.82. The highest BCUT2D eigenvalue weighted by molar-refractivity contribution is 7.96. The van der Waals surface area contributed by atoms with E-state index >= 15 is 0 Å². The maximum atomic E-state index is 7.24. The lowest BCUT2D eigenvalue weighted by Crippen LogP contribution is -2.60. The largest absolute Gasteiger partial charge is 0.523 e. The second kappa shape index (κ2) is 8.37. The van der Waals surface area contributed by atoms with E-state index in [-0.39, 0.29) is 23.2 Å². The lowest BCUT2D eigenvalue weighted by atomic mass is 10.5. The van der Waals surface area contributed by atoms with Crippen molar-refractivity contribution >= 4 is 39.0 Å². The lowest BCUT2D eigenvalue weighted by molar-refractivity contribution is 0.109. The van der Waals surface area contributed by atoms with Crippen LogP contribution in [0.4, 0.5) is 0 Å². The third-order valence-corrected chi connectivity index (χ3v) is 5.24. The average molecular weight is 275 g/mol. The molecule has 0 aromatic rings. The molecule has 0 amide bonds. The van der Waals surface area contributed by atoms with Gasteiger partial charge in [-0.25, -0.2) is 0 Å². The second-order valence-electron chi connectivity index (χ2n) is 2.67. The summed E-state index contributed by atoms with van der Waals surface area (Å²) in [5.41, 5.74) is -0.146. The minimum Gasteiger partial charge on any atom is -0.376 e. The number of nitrogens with one attached hydrogen (secondary N) is 2. The van der Waals surface area contributed by atoms with Crippen LogP contribution < -0.4 is 5.32 Å². The van der Waals surface area contributed by atoms with Crippen molar-refractivity contribution in [1.82, 2.24) is 5.32 Å². The van der Waals surface area contributed by atoms with E-state index in [4.69, 9.17) is 18.7 Å². The van der Waals surface area contributed by atoms with Gasteiger partial charge in [0, 0.05) is 21.3 Å². The van der Waals surface area contributed by atoms with Gasteiger partial charge in [0.1, 0.15) is 0 Å². The molecule has 0 aliphatic rings. The molecular formula is C7H19ClN2O3SSi. The molecule has 0 rings (SSSR count). The van der Waals surface area contributed by atoms with Gasteiger partial charge in [0.25, 0.3) is 0 Å². The summed E-state index contributed by atoms with van der Waals surface area (Å²) in [4.78, 5) is 0. The fraction of sp³-hybridized carbons (Fsp3) is 0.857. The summed E-state index contributed by atoms with van der Waals surface area (Å²) in [6, 6.07) is 0. The molecule has 0 aromatic heterocycles. The molecule has 5 nitrogen and oxygen atoms in total. The number of rotatable bonds is 6. The van der Waals surface area contributed by atoms with E-state index in [0.29, 0.717) is 0 Å². The molecule has 1 unspecified atom stereocenters. The van der Waals surface area contributed by atoms with Crippen molar-refractivity contribution in [3.05, 3.63) is 0 Å². The van der Waals surface area contributed by atoms with Gasteiger partial charge in [0.15, 0.2) is 5.17 Å². The van der Waals surface area contributed by atoms with Crippen molar-refractivity contribution in [3.63, 3.8) is 0 Å². The van der Waals surface area contributed by atoms with Crippen LogP contribution in [0.15, 0.2) is 0 Å². The topological polar surface area (TPSA) is 63.6 Å². The Morgan fingerprint density at radius 3 is 1.93 bits per heavy atom. The van der Waals surface area contributed by atoms with E-state index in [9.17, 15) is 0 Å². The summed E-state index contributed by atoms with van der Waals surface area (Å²) in [7, 11) is 1.93. The van der Waals surface area contributed by atoms with Gasteiger partial charge < -0.3 is 18.6 Å². The Morgan fingerprint density at radius 1 is 1.33 bits per heavy atom. The van der Waals surface area contributed by atoms with Crippen molar-refractivity contribution in [1.29, 1.82) is 5.41 Å². The highest BCUT2D eigenvalue weighted by atomic mass is 35.5. The molecule has 8 heteroatoms. The quantitative estimate of drug-likeness (QED) is 0.293. The standard InChI is InChI=1S/C7H18N2O3SSi.ClH/c1-5-6(9-7(8)13)14(10-2,11-3)12-4;/h6H,5H2,1-4H3,(H3,8,9,13);1H. The molecule has 0 bridgehead atoms. The van der Waals surface area contributed by atoms with Gasteiger partial charge in [0.2, 0.25) is 0 Å². The van der Waals surface area contributed by atoms with Gasteiger partial charge >= 0.3 is 8.80 Å². The zero-order chi connectivity index (χ0) is 11.2. The zero-order valence-electron chi connectivity index (χ0n) is 9.36. The highest BCUT2D eigenvalue weighted by Crippen LogP contribution is 2.14. The maximum absolute atomic E-state index is 7.24. The average Bonchev–Trinajstić information content (AvgIpc) is 2.19. The number of hydrogen-bond donors (Lipinski definition) is 3. The molecule has 0 aliphatic heterocycles. The first-order chi connectivity index (χ1) is 6.56. The van der Waals surface area contributed by atoms with E-state index in [2.05, 4.69) is 17.9 Å². The molecule has 92 valence electrons. The van der Waals surface area contributed by atoms with Crippen molar-refractivity contribution < 1.29 is 13.3 Å². The van der Waals surface area contributed by atoms with E-state index in [1.54, 1.807) is 21.3 Å². The fourth-order valence-electron chi connectivity index (χ4n) is 1.28. The van der Waals surface area contributed by atoms with Crippen molar-refractivity contribution in [3.8, 4) is 0 Å². The first-order valence-corrected chi connectivity index (χ1v) is 6.50. The highest BCUT2D eigenvalue weighted by Gasteiger charge is 2.46. The minimum absolute atomic E-state index is 0. The number of halogens is 1. The van der Waals surface area contributed by atoms with Gasteiger partial charge in [-0.15, -0.1) is 25.0 Å². The smallest absolute Gasteiger partial charge is 0.376 e. The van der Waals surface area contributed by atoms with Crippen LogP contribution in [-0.4, -0.2) is 41.0 Å². The zero-order valence-corrected chi connectivity index (χ0v) is 12.1. The van der Waals surface area contributed by atoms with Crippen LogP contribution in [0.2, 0.25) is 0 Å². The molecule has 0 aliphatic carbocycles. The maximum Gasteiger partial charge on any atom is 0.523 e. The van der Waals surface area contributed by atoms with Gasteiger partial charge in [0.05, 0.1) is 5.67 Å². The second-order valence-corrected chi connectivity index (χ2v) is 6.25. The Balaban J connectivity index is 0. The van der Waals surface area contributed by atoms with Gasteiger partial charge in [-0.05, 0) is 6.42 Å². The van der Waals surface area contributed by atoms with Gasteiger partial charge in [-0.1, -0.05) is 6.92 Å². The number of thiol groups is 1. The molecule has 2 N–H and O–H groups in total. The summed E-state index contributed by atoms with van der Waals surface area (Å²) in [5.74, 6) is 0. The molecule has 0 spiro atoms. The van der Waals surface area contributed by atoms with Crippen LogP contribution in [0.1, 0.15) is 13.3 Å². The van der Waals surface area contributed by atoms with Crippen LogP contribution >= 0.6 is 25.0 Å². The first kappa shape index (κ1) is 17.6. The van der Waals surface area contributed by atoms with Crippen LogP contribution in [0.5, 0.6) is 0 Å². The Labute approximate surface area is 104 Å². The Hall–Kier alpha value is 0.207. The molecule has 0 saturated carbocycles. The summed E-state index contributed by atoms with van der Waals surface area (Å²) in [5, 5.41) is 10.2. The third-order valence-electron chi connectivity index (χ3n) is 2.00. The van der Waals surface area contributed by atoms with Crippen molar-refractivity contribution in [2.45, 2.75) is 19.0 Å². The molecular weight excluding hydrogens is 256 g/mol. The molecule has 0 radical (unpaired) electrons. The summed E-state index contributed by atoms with van der Waals surface area (Å²) in [6.45, 7) is 1.97. The molecule has 15 heavy (non-hydrogen) atoms. The first-order valence-electron chi connectivity index (χ1n) is 4.25. The molecule has 1 atom stereocenters. The van der Waals surface area contributed by atoms with Gasteiger partial charge in [-0.3, -0.25) is 5.41 Å². The predicted molar refractivity (Wildman–Crippen MR) is 68.0 cm³/mol. The molecule has 0 heterocycles. The van der Waals surface area contributed by atoms with Crippen LogP contribution in [0.3, 0.4) is 0 Å². The van der Waals surface area contributed by atoms with E-state index in [1.165, 1.54) is 0 Å². The predicted octanol–water partition coefficient (Wildman–Crippen LogP) is 1.06. The third kappa shape index (κ3) is 4.71. The summed E-state index contributed by atoms with van der Waals surface area (Å²) in [6.07, 6.45) is 0.741. The Morgan fingerprint density at radius 2 is 1.73 bits per heavy atom. The molecule has 0 saturated heterocycles. The van der Waals surface area contributed by atoms with Crippen LogP contribution in [-0.2, 0) is 13.3 Å². The molecule has 0 aromatic carbocycles. The van der Waals surface area contributed by atoms with E-state index in [1.807, 2.05) is 6.92 Å². The van der Waals surface area contributed by atoms with Crippen LogP contribution in [0.25, 0.3) is 0 Å². The van der Waals surface area contributed by atoms with E-state index < -0.39 is 8.80 Å². The monoisotopic (exact) mass is 274 g/mol. The number of hydrogen-bond acceptors (Lipinski definition) is 4. The van der Waals surface area contributed by atoms with E-state index in [0.717, 1.165) is 6.42 Å². The van der Waals surface area contributed by atoms with Crippen molar-refractivity contribution in [2.24, 2.45) is 0 Å². The normalized spacial score (nSPS) is 12.9. The van der Waals surface area contributed by atoms with Crippen molar-refractivity contribution in [2.75, 3.05) is 21.3 Å². The minimum atomic E-state index is -2.71. The van der Waals surface area contributed by atoms with Gasteiger partial charge in [-0.2, -0.15) is 0 Å². The molecule has 0 fully saturated rings. The Bertz CT molecular complexity index is 187. The SMILES string of the molecule is CCC(NC(=N)S)[Si](OC)(OC)OC.Cl. The van der Waals surface area contributed by atoms with Crippen LogP contribution in [0, 0.1) is 5.41 Å². The summed E-state index contributed by atoms with van der Waals surface area (Å²) < 4.78 is 15.9. The summed E-state index contributed by atoms with van der Waals surface area (Å²) >= 11 is 3.87. The number of amidine groups is 1. The fourth-order valence-corrected chi connectivity index (χ4v) is 3.73. The lowest BCUT2D eigenvalue weighted by Gasteiger charge is -2.32.